The molecule has 1 aliphatic rings. The van der Waals surface area contributed by atoms with Gasteiger partial charge in [-0.25, -0.2) is 0 Å². The van der Waals surface area contributed by atoms with Gasteiger partial charge in [0.2, 0.25) is 0 Å². The van der Waals surface area contributed by atoms with E-state index in [0.717, 1.165) is 25.4 Å². The maximum Gasteiger partial charge on any atom is 0.0522 e. The third kappa shape index (κ3) is 3.82. The van der Waals surface area contributed by atoms with E-state index in [0.29, 0.717) is 6.04 Å². The van der Waals surface area contributed by atoms with Gasteiger partial charge in [-0.15, -0.1) is 0 Å². The minimum atomic E-state index is 0.699. The third-order valence-electron chi connectivity index (χ3n) is 3.83. The van der Waals surface area contributed by atoms with E-state index in [1.54, 1.807) is 0 Å². The van der Waals surface area contributed by atoms with E-state index in [1.807, 2.05) is 17.9 Å². The van der Waals surface area contributed by atoms with Crippen molar-refractivity contribution in [3.05, 3.63) is 18.0 Å². The van der Waals surface area contributed by atoms with Crippen molar-refractivity contribution >= 4 is 0 Å². The molecule has 0 saturated carbocycles. The standard InChI is InChI=1S/C14H26N4/c1-12(2)18-7-5-14(11-18)8-15-6-4-13-9-16-17(3)10-13/h9-10,12,14-15H,4-8,11H2,1-3H3. The Kier molecular flexibility index (Phi) is 4.78. The van der Waals surface area contributed by atoms with Gasteiger partial charge in [0.05, 0.1) is 6.20 Å². The van der Waals surface area contributed by atoms with Crippen LogP contribution in [0.25, 0.3) is 0 Å². The SMILES string of the molecule is CC(C)N1CCC(CNCCc2cnn(C)c2)C1. The first kappa shape index (κ1) is 13.6. The summed E-state index contributed by atoms with van der Waals surface area (Å²) in [4.78, 5) is 2.58. The highest BCUT2D eigenvalue weighted by atomic mass is 15.2. The van der Waals surface area contributed by atoms with Gasteiger partial charge in [0.15, 0.2) is 0 Å². The Hall–Kier alpha value is -0.870. The fraction of sp³-hybridized carbons (Fsp3) is 0.786. The summed E-state index contributed by atoms with van der Waals surface area (Å²) < 4.78 is 1.87. The molecule has 0 bridgehead atoms. The second kappa shape index (κ2) is 6.34. The first-order valence-electron chi connectivity index (χ1n) is 7.07. The van der Waals surface area contributed by atoms with Crippen molar-refractivity contribution < 1.29 is 0 Å². The van der Waals surface area contributed by atoms with E-state index in [1.165, 1.54) is 25.1 Å². The lowest BCUT2D eigenvalue weighted by Gasteiger charge is -2.20. The molecule has 1 saturated heterocycles. The predicted molar refractivity (Wildman–Crippen MR) is 74.6 cm³/mol. The number of nitrogens with one attached hydrogen (secondary N) is 1. The Balaban J connectivity index is 1.59. The van der Waals surface area contributed by atoms with Crippen molar-refractivity contribution in [3.63, 3.8) is 0 Å². The molecule has 0 aliphatic carbocycles. The molecule has 1 unspecified atom stereocenters. The van der Waals surface area contributed by atoms with Crippen LogP contribution in [0.1, 0.15) is 25.8 Å². The van der Waals surface area contributed by atoms with E-state index in [2.05, 4.69) is 35.4 Å². The molecule has 1 aromatic heterocycles. The minimum absolute atomic E-state index is 0.699. The molecule has 1 N–H and O–H groups in total. The van der Waals surface area contributed by atoms with Crippen molar-refractivity contribution in [1.29, 1.82) is 0 Å². The van der Waals surface area contributed by atoms with Gasteiger partial charge in [-0.05, 0) is 57.8 Å². The van der Waals surface area contributed by atoms with E-state index < -0.39 is 0 Å². The lowest BCUT2D eigenvalue weighted by Crippen LogP contribution is -2.31. The third-order valence-corrected chi connectivity index (χ3v) is 3.83. The van der Waals surface area contributed by atoms with Crippen molar-refractivity contribution in [2.45, 2.75) is 32.7 Å². The topological polar surface area (TPSA) is 33.1 Å². The summed E-state index contributed by atoms with van der Waals surface area (Å²) in [5, 5.41) is 7.77. The van der Waals surface area contributed by atoms with Crippen LogP contribution in [0.4, 0.5) is 0 Å². The lowest BCUT2D eigenvalue weighted by molar-refractivity contribution is 0.264. The first-order chi connectivity index (χ1) is 8.65. The molecule has 1 fully saturated rings. The molecule has 1 aliphatic heterocycles. The van der Waals surface area contributed by atoms with Crippen LogP contribution in [0, 0.1) is 5.92 Å². The molecule has 2 heterocycles. The van der Waals surface area contributed by atoms with Crippen LogP contribution in [-0.2, 0) is 13.5 Å². The average molecular weight is 250 g/mol. The quantitative estimate of drug-likeness (QED) is 0.772. The Labute approximate surface area is 110 Å². The zero-order valence-corrected chi connectivity index (χ0v) is 11.9. The molecule has 4 heteroatoms. The second-order valence-electron chi connectivity index (χ2n) is 5.72. The Morgan fingerprint density at radius 2 is 2.33 bits per heavy atom. The van der Waals surface area contributed by atoms with E-state index >= 15 is 0 Å². The van der Waals surface area contributed by atoms with Crippen LogP contribution in [0.15, 0.2) is 12.4 Å². The van der Waals surface area contributed by atoms with Gasteiger partial charge in [-0.2, -0.15) is 5.10 Å². The number of aromatic nitrogens is 2. The lowest BCUT2D eigenvalue weighted by atomic mass is 10.1. The highest BCUT2D eigenvalue weighted by molar-refractivity contribution is 5.03. The summed E-state index contributed by atoms with van der Waals surface area (Å²) in [6.45, 7) is 9.33. The molecule has 1 atom stereocenters. The summed E-state index contributed by atoms with van der Waals surface area (Å²) in [6.07, 6.45) is 6.47. The molecular formula is C14H26N4. The number of aryl methyl sites for hydroxylation is 1. The predicted octanol–water partition coefficient (Wildman–Crippen LogP) is 1.28. The zero-order chi connectivity index (χ0) is 13.0. The van der Waals surface area contributed by atoms with Gasteiger partial charge in [-0.1, -0.05) is 0 Å². The van der Waals surface area contributed by atoms with Crippen LogP contribution in [0.2, 0.25) is 0 Å². The summed E-state index contributed by atoms with van der Waals surface area (Å²) in [5.74, 6) is 0.835. The largest absolute Gasteiger partial charge is 0.316 e. The zero-order valence-electron chi connectivity index (χ0n) is 11.9. The van der Waals surface area contributed by atoms with Crippen LogP contribution < -0.4 is 5.32 Å². The molecule has 0 spiro atoms. The van der Waals surface area contributed by atoms with Gasteiger partial charge in [0, 0.05) is 25.8 Å². The Morgan fingerprint density at radius 3 is 2.94 bits per heavy atom. The highest BCUT2D eigenvalue weighted by Gasteiger charge is 2.23. The van der Waals surface area contributed by atoms with Crippen molar-refractivity contribution in [2.24, 2.45) is 13.0 Å². The number of hydrogen-bond donors (Lipinski definition) is 1. The average Bonchev–Trinajstić information content (AvgIpc) is 2.93. The monoisotopic (exact) mass is 250 g/mol. The van der Waals surface area contributed by atoms with Gasteiger partial charge in [-0.3, -0.25) is 4.68 Å². The van der Waals surface area contributed by atoms with Crippen LogP contribution in [0.3, 0.4) is 0 Å². The van der Waals surface area contributed by atoms with Gasteiger partial charge in [0.1, 0.15) is 0 Å². The second-order valence-corrected chi connectivity index (χ2v) is 5.72. The number of nitrogens with zero attached hydrogens (tertiary/aromatic N) is 3. The van der Waals surface area contributed by atoms with Crippen molar-refractivity contribution in [3.8, 4) is 0 Å². The molecule has 4 nitrogen and oxygen atoms in total. The summed E-state index contributed by atoms with van der Waals surface area (Å²) in [6, 6.07) is 0.699. The Bertz CT molecular complexity index is 358. The maximum atomic E-state index is 4.18. The fourth-order valence-corrected chi connectivity index (χ4v) is 2.64. The van der Waals surface area contributed by atoms with Crippen LogP contribution in [0.5, 0.6) is 0 Å². The van der Waals surface area contributed by atoms with Crippen molar-refractivity contribution in [2.75, 3.05) is 26.2 Å². The van der Waals surface area contributed by atoms with E-state index in [-0.39, 0.29) is 0 Å². The normalized spacial score (nSPS) is 21.0. The van der Waals surface area contributed by atoms with Crippen molar-refractivity contribution in [1.82, 2.24) is 20.0 Å². The number of hydrogen-bond acceptors (Lipinski definition) is 3. The van der Waals surface area contributed by atoms with Crippen LogP contribution in [-0.4, -0.2) is 46.9 Å². The number of rotatable bonds is 6. The molecule has 102 valence electrons. The molecule has 18 heavy (non-hydrogen) atoms. The summed E-state index contributed by atoms with van der Waals surface area (Å²) in [7, 11) is 1.97. The fourth-order valence-electron chi connectivity index (χ4n) is 2.64. The van der Waals surface area contributed by atoms with Gasteiger partial charge >= 0.3 is 0 Å². The van der Waals surface area contributed by atoms with Crippen LogP contribution >= 0.6 is 0 Å². The molecular weight excluding hydrogens is 224 g/mol. The maximum absolute atomic E-state index is 4.18. The molecule has 0 radical (unpaired) electrons. The summed E-state index contributed by atoms with van der Waals surface area (Å²) >= 11 is 0. The molecule has 1 aromatic rings. The first-order valence-corrected chi connectivity index (χ1v) is 7.07. The smallest absolute Gasteiger partial charge is 0.0522 e. The van der Waals surface area contributed by atoms with E-state index in [4.69, 9.17) is 0 Å². The Morgan fingerprint density at radius 1 is 1.50 bits per heavy atom. The van der Waals surface area contributed by atoms with Gasteiger partial charge < -0.3 is 10.2 Å². The molecule has 0 aromatic carbocycles. The van der Waals surface area contributed by atoms with E-state index in [9.17, 15) is 0 Å². The minimum Gasteiger partial charge on any atom is -0.316 e. The summed E-state index contributed by atoms with van der Waals surface area (Å²) in [5.41, 5.74) is 1.32. The van der Waals surface area contributed by atoms with Gasteiger partial charge in [0.25, 0.3) is 0 Å². The molecule has 2 rings (SSSR count). The number of likely N-dealkylation sites (tertiary alicyclic amines) is 1. The molecule has 0 amide bonds. The highest BCUT2D eigenvalue weighted by Crippen LogP contribution is 2.17.